The maximum Gasteiger partial charge on any atom is 0.220 e. The summed E-state index contributed by atoms with van der Waals surface area (Å²) in [6, 6.07) is 15.3. The zero-order valence-electron chi connectivity index (χ0n) is 12.0. The molecule has 1 N–H and O–H groups in total. The summed E-state index contributed by atoms with van der Waals surface area (Å²) in [5.41, 5.74) is 1.01. The van der Waals surface area contributed by atoms with Crippen LogP contribution in [0.3, 0.4) is 0 Å². The number of hydrogen-bond donors (Lipinski definition) is 1. The van der Waals surface area contributed by atoms with Gasteiger partial charge in [-0.3, -0.25) is 4.79 Å². The fourth-order valence-corrected chi connectivity index (χ4v) is 3.05. The summed E-state index contributed by atoms with van der Waals surface area (Å²) in [4.78, 5) is 13.0. The second-order valence-corrected chi connectivity index (χ2v) is 6.76. The topological polar surface area (TPSA) is 29.1 Å². The summed E-state index contributed by atoms with van der Waals surface area (Å²) in [6.45, 7) is 0.647. The van der Waals surface area contributed by atoms with Crippen LogP contribution in [0.2, 0.25) is 10.0 Å². The molecule has 2 aromatic carbocycles. The SMILES string of the molecule is O=C(CCc1ccccc1Cl)NCCSc1ccc(Cl)cc1. The predicted molar refractivity (Wildman–Crippen MR) is 95.0 cm³/mol. The van der Waals surface area contributed by atoms with Crippen molar-refractivity contribution in [2.45, 2.75) is 17.7 Å². The molecule has 0 unspecified atom stereocenters. The van der Waals surface area contributed by atoms with Crippen LogP contribution in [-0.4, -0.2) is 18.2 Å². The Morgan fingerprint density at radius 1 is 1.05 bits per heavy atom. The van der Waals surface area contributed by atoms with Crippen molar-refractivity contribution >= 4 is 40.9 Å². The van der Waals surface area contributed by atoms with E-state index in [1.54, 1.807) is 11.8 Å². The Balaban J connectivity index is 1.64. The fraction of sp³-hybridized carbons (Fsp3) is 0.235. The molecule has 0 aliphatic carbocycles. The number of thioether (sulfide) groups is 1. The van der Waals surface area contributed by atoms with Crippen LogP contribution in [0.4, 0.5) is 0 Å². The molecular formula is C17H17Cl2NOS. The Morgan fingerprint density at radius 2 is 1.77 bits per heavy atom. The summed E-state index contributed by atoms with van der Waals surface area (Å²) in [5, 5.41) is 4.37. The monoisotopic (exact) mass is 353 g/mol. The smallest absolute Gasteiger partial charge is 0.220 e. The molecule has 0 atom stereocenters. The van der Waals surface area contributed by atoms with E-state index in [1.165, 1.54) is 0 Å². The summed E-state index contributed by atoms with van der Waals surface area (Å²) in [6.07, 6.45) is 1.12. The van der Waals surface area contributed by atoms with Crippen molar-refractivity contribution in [2.75, 3.05) is 12.3 Å². The van der Waals surface area contributed by atoms with Gasteiger partial charge in [-0.25, -0.2) is 0 Å². The van der Waals surface area contributed by atoms with Gasteiger partial charge >= 0.3 is 0 Å². The standard InChI is InChI=1S/C17H17Cl2NOS/c18-14-6-8-15(9-7-14)22-12-11-20-17(21)10-5-13-3-1-2-4-16(13)19/h1-4,6-9H,5,10-12H2,(H,20,21). The lowest BCUT2D eigenvalue weighted by atomic mass is 10.1. The molecule has 0 aliphatic heterocycles. The predicted octanol–water partition coefficient (Wildman–Crippen LogP) is 4.83. The molecule has 1 amide bonds. The van der Waals surface area contributed by atoms with E-state index in [9.17, 15) is 4.79 Å². The quantitative estimate of drug-likeness (QED) is 0.570. The first-order valence-corrected chi connectivity index (χ1v) is 8.78. The van der Waals surface area contributed by atoms with E-state index >= 15 is 0 Å². The third-order valence-corrected chi connectivity index (χ3v) is 4.72. The van der Waals surface area contributed by atoms with Crippen molar-refractivity contribution in [2.24, 2.45) is 0 Å². The average molecular weight is 354 g/mol. The Kier molecular flexibility index (Phi) is 7.10. The van der Waals surface area contributed by atoms with Crippen molar-refractivity contribution in [3.63, 3.8) is 0 Å². The van der Waals surface area contributed by atoms with E-state index in [4.69, 9.17) is 23.2 Å². The summed E-state index contributed by atoms with van der Waals surface area (Å²) in [5.74, 6) is 0.885. The van der Waals surface area contributed by atoms with Crippen molar-refractivity contribution in [1.29, 1.82) is 0 Å². The highest BCUT2D eigenvalue weighted by Gasteiger charge is 2.04. The first-order valence-electron chi connectivity index (χ1n) is 7.03. The van der Waals surface area contributed by atoms with Gasteiger partial charge in [0.2, 0.25) is 5.91 Å². The molecule has 0 aromatic heterocycles. The van der Waals surface area contributed by atoms with Gasteiger partial charge in [0.15, 0.2) is 0 Å². The first kappa shape index (κ1) is 17.2. The van der Waals surface area contributed by atoms with Crippen molar-refractivity contribution in [3.05, 3.63) is 64.1 Å². The molecule has 0 saturated carbocycles. The zero-order valence-corrected chi connectivity index (χ0v) is 14.3. The molecule has 0 fully saturated rings. The summed E-state index contributed by atoms with van der Waals surface area (Å²) in [7, 11) is 0. The molecule has 22 heavy (non-hydrogen) atoms. The lowest BCUT2D eigenvalue weighted by Crippen LogP contribution is -2.25. The number of halogens is 2. The second-order valence-electron chi connectivity index (χ2n) is 4.74. The van der Waals surface area contributed by atoms with Gasteiger partial charge in [-0.15, -0.1) is 11.8 Å². The number of carbonyl (C=O) groups is 1. The number of hydrogen-bond acceptors (Lipinski definition) is 2. The molecule has 0 heterocycles. The summed E-state index contributed by atoms with van der Waals surface area (Å²) < 4.78 is 0. The number of nitrogens with one attached hydrogen (secondary N) is 1. The van der Waals surface area contributed by atoms with Crippen LogP contribution in [0, 0.1) is 0 Å². The molecule has 2 rings (SSSR count). The highest BCUT2D eigenvalue weighted by atomic mass is 35.5. The zero-order chi connectivity index (χ0) is 15.8. The van der Waals surface area contributed by atoms with Gasteiger partial charge in [0, 0.05) is 33.7 Å². The minimum absolute atomic E-state index is 0.0524. The molecule has 0 radical (unpaired) electrons. The largest absolute Gasteiger partial charge is 0.355 e. The average Bonchev–Trinajstić information content (AvgIpc) is 2.52. The van der Waals surface area contributed by atoms with Gasteiger partial charge in [0.25, 0.3) is 0 Å². The first-order chi connectivity index (χ1) is 10.6. The number of benzene rings is 2. The van der Waals surface area contributed by atoms with Crippen LogP contribution in [0.5, 0.6) is 0 Å². The normalized spacial score (nSPS) is 10.5. The maximum atomic E-state index is 11.8. The molecule has 116 valence electrons. The third kappa shape index (κ3) is 5.91. The van der Waals surface area contributed by atoms with E-state index in [0.717, 1.165) is 21.2 Å². The lowest BCUT2D eigenvalue weighted by molar-refractivity contribution is -0.120. The number of carbonyl (C=O) groups excluding carboxylic acids is 1. The van der Waals surface area contributed by atoms with Gasteiger partial charge in [-0.05, 0) is 42.3 Å². The minimum Gasteiger partial charge on any atom is -0.355 e. The van der Waals surface area contributed by atoms with Crippen LogP contribution in [-0.2, 0) is 11.2 Å². The molecule has 2 aromatic rings. The Bertz CT molecular complexity index is 616. The van der Waals surface area contributed by atoms with Crippen LogP contribution < -0.4 is 5.32 Å². The molecule has 2 nitrogen and oxygen atoms in total. The Labute approximate surface area is 145 Å². The van der Waals surface area contributed by atoms with Crippen molar-refractivity contribution in [1.82, 2.24) is 5.32 Å². The van der Waals surface area contributed by atoms with Gasteiger partial charge < -0.3 is 5.32 Å². The molecule has 5 heteroatoms. The van der Waals surface area contributed by atoms with E-state index < -0.39 is 0 Å². The minimum atomic E-state index is 0.0524. The highest BCUT2D eigenvalue weighted by Crippen LogP contribution is 2.19. The highest BCUT2D eigenvalue weighted by molar-refractivity contribution is 7.99. The number of rotatable bonds is 7. The third-order valence-electron chi connectivity index (χ3n) is 3.09. The molecule has 0 aliphatic rings. The maximum absolute atomic E-state index is 11.8. The van der Waals surface area contributed by atoms with Crippen LogP contribution in [0.25, 0.3) is 0 Å². The Morgan fingerprint density at radius 3 is 2.50 bits per heavy atom. The van der Waals surface area contributed by atoms with Crippen LogP contribution >= 0.6 is 35.0 Å². The van der Waals surface area contributed by atoms with E-state index in [1.807, 2.05) is 48.5 Å². The van der Waals surface area contributed by atoms with Gasteiger partial charge in [0.05, 0.1) is 0 Å². The second kappa shape index (κ2) is 9.09. The fourth-order valence-electron chi connectivity index (χ4n) is 1.93. The van der Waals surface area contributed by atoms with E-state index in [2.05, 4.69) is 5.32 Å². The van der Waals surface area contributed by atoms with E-state index in [-0.39, 0.29) is 5.91 Å². The molecule has 0 spiro atoms. The van der Waals surface area contributed by atoms with Crippen molar-refractivity contribution in [3.8, 4) is 0 Å². The van der Waals surface area contributed by atoms with E-state index in [0.29, 0.717) is 24.4 Å². The lowest BCUT2D eigenvalue weighted by Gasteiger charge is -2.06. The van der Waals surface area contributed by atoms with Crippen molar-refractivity contribution < 1.29 is 4.79 Å². The van der Waals surface area contributed by atoms with Gasteiger partial charge in [-0.2, -0.15) is 0 Å². The van der Waals surface area contributed by atoms with Crippen LogP contribution in [0.15, 0.2) is 53.4 Å². The molecule has 0 bridgehead atoms. The number of amides is 1. The number of aryl methyl sites for hydroxylation is 1. The van der Waals surface area contributed by atoms with Gasteiger partial charge in [0.1, 0.15) is 0 Å². The summed E-state index contributed by atoms with van der Waals surface area (Å²) >= 11 is 13.6. The molecular weight excluding hydrogens is 337 g/mol. The molecule has 0 saturated heterocycles. The Hall–Kier alpha value is -1.16. The van der Waals surface area contributed by atoms with Gasteiger partial charge in [-0.1, -0.05) is 41.4 Å². The van der Waals surface area contributed by atoms with Crippen LogP contribution in [0.1, 0.15) is 12.0 Å².